The molecule has 1 saturated heterocycles. The van der Waals surface area contributed by atoms with Gasteiger partial charge in [0.1, 0.15) is 5.82 Å². The summed E-state index contributed by atoms with van der Waals surface area (Å²) in [6.45, 7) is 1.48. The number of halogens is 1. The fraction of sp³-hybridized carbons (Fsp3) is 0.381. The third kappa shape index (κ3) is 3.98. The summed E-state index contributed by atoms with van der Waals surface area (Å²) < 4.78 is 15.0. The van der Waals surface area contributed by atoms with Crippen molar-refractivity contribution < 1.29 is 9.18 Å². The van der Waals surface area contributed by atoms with Gasteiger partial charge in [-0.3, -0.25) is 14.6 Å². The number of amides is 1. The molecule has 2 aromatic heterocycles. The van der Waals surface area contributed by atoms with E-state index in [1.165, 1.54) is 12.1 Å². The van der Waals surface area contributed by atoms with E-state index >= 15 is 0 Å². The first-order valence-electron chi connectivity index (χ1n) is 9.64. The molecule has 6 nitrogen and oxygen atoms in total. The number of benzene rings is 1. The van der Waals surface area contributed by atoms with E-state index in [0.29, 0.717) is 19.4 Å². The van der Waals surface area contributed by atoms with Crippen molar-refractivity contribution in [3.8, 4) is 11.1 Å². The Bertz CT molecular complexity index is 946. The first-order valence-corrected chi connectivity index (χ1v) is 9.64. The maximum atomic E-state index is 13.2. The van der Waals surface area contributed by atoms with Crippen LogP contribution in [0, 0.1) is 5.82 Å². The van der Waals surface area contributed by atoms with Crippen LogP contribution in [0.1, 0.15) is 36.4 Å². The molecule has 0 aliphatic carbocycles. The number of aromatic amines is 1. The molecule has 4 rings (SSSR count). The molecule has 0 radical (unpaired) electrons. The number of piperidine rings is 1. The third-order valence-electron chi connectivity index (χ3n) is 5.39. The van der Waals surface area contributed by atoms with Gasteiger partial charge in [-0.2, -0.15) is 10.2 Å². The van der Waals surface area contributed by atoms with Crippen LogP contribution in [0.5, 0.6) is 0 Å². The standard InChI is InChI=1S/C21H24FN5O/c1-26-13-15(11-24-26)4-9-20(28)27-10-2-3-17(14-27)21-19(12-23-25-21)16-5-7-18(22)8-6-16/h5-8,11-13,17H,2-4,9-10,14H2,1H3,(H,23,25). The highest BCUT2D eigenvalue weighted by Gasteiger charge is 2.27. The van der Waals surface area contributed by atoms with Crippen molar-refractivity contribution in [1.82, 2.24) is 24.9 Å². The summed E-state index contributed by atoms with van der Waals surface area (Å²) >= 11 is 0. The first kappa shape index (κ1) is 18.4. The largest absolute Gasteiger partial charge is 0.342 e. The van der Waals surface area contributed by atoms with Crippen molar-refractivity contribution in [2.24, 2.45) is 7.05 Å². The molecule has 28 heavy (non-hydrogen) atoms. The molecule has 1 amide bonds. The molecule has 1 unspecified atom stereocenters. The first-order chi connectivity index (χ1) is 13.6. The molecule has 3 aromatic rings. The van der Waals surface area contributed by atoms with Gasteiger partial charge in [0.05, 0.1) is 12.4 Å². The highest BCUT2D eigenvalue weighted by atomic mass is 19.1. The summed E-state index contributed by atoms with van der Waals surface area (Å²) in [4.78, 5) is 14.7. The fourth-order valence-corrected chi connectivity index (χ4v) is 3.92. The van der Waals surface area contributed by atoms with Crippen LogP contribution in [0.2, 0.25) is 0 Å². The van der Waals surface area contributed by atoms with Crippen LogP contribution in [-0.2, 0) is 18.3 Å². The van der Waals surface area contributed by atoms with Crippen LogP contribution in [0.15, 0.2) is 42.9 Å². The molecule has 0 bridgehead atoms. The molecule has 7 heteroatoms. The maximum absolute atomic E-state index is 13.2. The fourth-order valence-electron chi connectivity index (χ4n) is 3.92. The second-order valence-corrected chi connectivity index (χ2v) is 7.41. The summed E-state index contributed by atoms with van der Waals surface area (Å²) in [7, 11) is 1.88. The number of rotatable bonds is 5. The van der Waals surface area contributed by atoms with E-state index in [9.17, 15) is 9.18 Å². The third-order valence-corrected chi connectivity index (χ3v) is 5.39. The number of likely N-dealkylation sites (tertiary alicyclic amines) is 1. The van der Waals surface area contributed by atoms with Crippen molar-refractivity contribution in [1.29, 1.82) is 0 Å². The Kier molecular flexibility index (Phi) is 5.23. The van der Waals surface area contributed by atoms with Crippen molar-refractivity contribution >= 4 is 5.91 Å². The number of carbonyl (C=O) groups excluding carboxylic acids is 1. The smallest absolute Gasteiger partial charge is 0.222 e. The van der Waals surface area contributed by atoms with Gasteiger partial charge in [-0.15, -0.1) is 0 Å². The van der Waals surface area contributed by atoms with E-state index < -0.39 is 0 Å². The highest BCUT2D eigenvalue weighted by Crippen LogP contribution is 2.33. The van der Waals surface area contributed by atoms with Crippen LogP contribution in [0.4, 0.5) is 4.39 Å². The number of hydrogen-bond donors (Lipinski definition) is 1. The summed E-state index contributed by atoms with van der Waals surface area (Å²) in [6.07, 6.45) is 8.71. The predicted molar refractivity (Wildman–Crippen MR) is 104 cm³/mol. The molecule has 1 atom stereocenters. The van der Waals surface area contributed by atoms with E-state index in [2.05, 4.69) is 15.3 Å². The molecule has 1 aromatic carbocycles. The number of nitrogens with one attached hydrogen (secondary N) is 1. The van der Waals surface area contributed by atoms with Crippen molar-refractivity contribution in [3.63, 3.8) is 0 Å². The molecule has 1 aliphatic rings. The van der Waals surface area contributed by atoms with Crippen molar-refractivity contribution in [2.75, 3.05) is 13.1 Å². The van der Waals surface area contributed by atoms with Gasteiger partial charge in [0.25, 0.3) is 0 Å². The Labute approximate surface area is 163 Å². The Balaban J connectivity index is 1.43. The van der Waals surface area contributed by atoms with E-state index in [-0.39, 0.29) is 17.6 Å². The number of carbonyl (C=O) groups is 1. The van der Waals surface area contributed by atoms with Gasteiger partial charge in [-0.1, -0.05) is 12.1 Å². The van der Waals surface area contributed by atoms with Crippen LogP contribution < -0.4 is 0 Å². The highest BCUT2D eigenvalue weighted by molar-refractivity contribution is 5.76. The monoisotopic (exact) mass is 381 g/mol. The lowest BCUT2D eigenvalue weighted by Crippen LogP contribution is -2.39. The van der Waals surface area contributed by atoms with Crippen LogP contribution >= 0.6 is 0 Å². The van der Waals surface area contributed by atoms with Gasteiger partial charge in [0, 0.05) is 49.9 Å². The lowest BCUT2D eigenvalue weighted by molar-refractivity contribution is -0.132. The maximum Gasteiger partial charge on any atom is 0.222 e. The normalized spacial score (nSPS) is 17.1. The van der Waals surface area contributed by atoms with E-state index in [1.54, 1.807) is 23.0 Å². The van der Waals surface area contributed by atoms with E-state index in [0.717, 1.165) is 41.8 Å². The number of aryl methyl sites for hydroxylation is 2. The Morgan fingerprint density at radius 1 is 1.29 bits per heavy atom. The number of aromatic nitrogens is 4. The van der Waals surface area contributed by atoms with Gasteiger partial charge >= 0.3 is 0 Å². The lowest BCUT2D eigenvalue weighted by Gasteiger charge is -2.33. The second kappa shape index (κ2) is 7.96. The Hall–Kier alpha value is -2.96. The SMILES string of the molecule is Cn1cc(CCC(=O)N2CCCC(c3[nH]ncc3-c3ccc(F)cc3)C2)cn1. The molecule has 146 valence electrons. The quantitative estimate of drug-likeness (QED) is 0.737. The molecule has 1 fully saturated rings. The van der Waals surface area contributed by atoms with Gasteiger partial charge in [0.2, 0.25) is 5.91 Å². The summed E-state index contributed by atoms with van der Waals surface area (Å²) in [5.41, 5.74) is 4.02. The molecular weight excluding hydrogens is 357 g/mol. The number of hydrogen-bond acceptors (Lipinski definition) is 3. The number of H-pyrrole nitrogens is 1. The van der Waals surface area contributed by atoms with Gasteiger partial charge in [-0.05, 0) is 42.5 Å². The van der Waals surface area contributed by atoms with Crippen molar-refractivity contribution in [3.05, 3.63) is 59.9 Å². The molecule has 3 heterocycles. The minimum absolute atomic E-state index is 0.177. The van der Waals surface area contributed by atoms with Crippen LogP contribution in [0.25, 0.3) is 11.1 Å². The number of nitrogens with zero attached hydrogens (tertiary/aromatic N) is 4. The average molecular weight is 381 g/mol. The molecule has 1 aliphatic heterocycles. The van der Waals surface area contributed by atoms with Gasteiger partial charge in [0.15, 0.2) is 0 Å². The zero-order valence-corrected chi connectivity index (χ0v) is 15.9. The zero-order chi connectivity index (χ0) is 19.5. The summed E-state index contributed by atoms with van der Waals surface area (Å²) in [5, 5.41) is 11.5. The van der Waals surface area contributed by atoms with Crippen LogP contribution in [0.3, 0.4) is 0 Å². The van der Waals surface area contributed by atoms with Crippen LogP contribution in [-0.4, -0.2) is 43.9 Å². The average Bonchev–Trinajstić information content (AvgIpc) is 3.36. The zero-order valence-electron chi connectivity index (χ0n) is 15.9. The molecular formula is C21H24FN5O. The summed E-state index contributed by atoms with van der Waals surface area (Å²) in [5.74, 6) is 0.131. The molecule has 0 spiro atoms. The predicted octanol–water partition coefficient (Wildman–Crippen LogP) is 3.29. The lowest BCUT2D eigenvalue weighted by atomic mass is 9.90. The molecule has 0 saturated carbocycles. The Morgan fingerprint density at radius 3 is 2.86 bits per heavy atom. The Morgan fingerprint density at radius 2 is 2.11 bits per heavy atom. The van der Waals surface area contributed by atoms with E-state index in [1.807, 2.05) is 24.3 Å². The minimum atomic E-state index is -0.253. The second-order valence-electron chi connectivity index (χ2n) is 7.41. The minimum Gasteiger partial charge on any atom is -0.342 e. The van der Waals surface area contributed by atoms with E-state index in [4.69, 9.17) is 0 Å². The van der Waals surface area contributed by atoms with Gasteiger partial charge in [-0.25, -0.2) is 4.39 Å². The topological polar surface area (TPSA) is 66.8 Å². The summed E-state index contributed by atoms with van der Waals surface area (Å²) in [6, 6.07) is 6.45. The molecule has 1 N–H and O–H groups in total. The van der Waals surface area contributed by atoms with Crippen molar-refractivity contribution in [2.45, 2.75) is 31.6 Å². The van der Waals surface area contributed by atoms with Gasteiger partial charge < -0.3 is 4.90 Å².